The minimum absolute atomic E-state index is 0.0562. The van der Waals surface area contributed by atoms with Crippen LogP contribution < -0.4 is 0 Å². The van der Waals surface area contributed by atoms with Gasteiger partial charge in [0.25, 0.3) is 0 Å². The molecule has 1 atom stereocenters. The van der Waals surface area contributed by atoms with Crippen LogP contribution in [0.4, 0.5) is 0 Å². The lowest BCUT2D eigenvalue weighted by Gasteiger charge is -2.19. The molecule has 2 rings (SSSR count). The summed E-state index contributed by atoms with van der Waals surface area (Å²) in [6.07, 6.45) is 3.56. The van der Waals surface area contributed by atoms with Crippen molar-refractivity contribution in [1.82, 2.24) is 9.88 Å². The summed E-state index contributed by atoms with van der Waals surface area (Å²) in [4.78, 5) is 30.8. The number of aryl methyl sites for hydroxylation is 1. The van der Waals surface area contributed by atoms with Gasteiger partial charge in [0, 0.05) is 31.8 Å². The van der Waals surface area contributed by atoms with E-state index in [2.05, 4.69) is 4.98 Å². The Bertz CT molecular complexity index is 527. The highest BCUT2D eigenvalue weighted by molar-refractivity contribution is 7.11. The molecule has 1 aliphatic carbocycles. The lowest BCUT2D eigenvalue weighted by Crippen LogP contribution is -2.26. The second kappa shape index (κ2) is 7.02. The highest BCUT2D eigenvalue weighted by Crippen LogP contribution is 2.35. The van der Waals surface area contributed by atoms with Crippen molar-refractivity contribution in [2.45, 2.75) is 45.4 Å². The van der Waals surface area contributed by atoms with Gasteiger partial charge >= 0.3 is 5.97 Å². The number of likely N-dealkylation sites (N-methyl/N-ethyl adjacent to an activating group) is 1. The summed E-state index contributed by atoms with van der Waals surface area (Å²) < 4.78 is 5.15. The lowest BCUT2D eigenvalue weighted by atomic mass is 9.91. The molecular weight excluding hydrogens is 288 g/mol. The van der Waals surface area contributed by atoms with Crippen molar-refractivity contribution in [3.05, 3.63) is 15.6 Å². The van der Waals surface area contributed by atoms with Gasteiger partial charge in [-0.2, -0.15) is 0 Å². The van der Waals surface area contributed by atoms with Crippen LogP contribution in [0.2, 0.25) is 0 Å². The fraction of sp³-hybridized carbons (Fsp3) is 0.667. The summed E-state index contributed by atoms with van der Waals surface area (Å²) >= 11 is 1.67. The smallest absolute Gasteiger partial charge is 0.315 e. The second-order valence-corrected chi connectivity index (χ2v) is 6.47. The summed E-state index contributed by atoms with van der Waals surface area (Å²) in [7, 11) is 1.79. The topological polar surface area (TPSA) is 59.5 Å². The van der Waals surface area contributed by atoms with Gasteiger partial charge in [0.05, 0.1) is 17.3 Å². The van der Waals surface area contributed by atoms with Crippen molar-refractivity contribution >= 4 is 23.2 Å². The van der Waals surface area contributed by atoms with Crippen LogP contribution in [0.5, 0.6) is 0 Å². The number of amides is 1. The number of nitrogens with zero attached hydrogens (tertiary/aromatic N) is 2. The average molecular weight is 310 g/mol. The van der Waals surface area contributed by atoms with Crippen LogP contribution >= 0.6 is 11.3 Å². The van der Waals surface area contributed by atoms with Gasteiger partial charge in [-0.1, -0.05) is 0 Å². The number of thiazole rings is 1. The van der Waals surface area contributed by atoms with Gasteiger partial charge in [0.1, 0.15) is 5.92 Å². The first-order valence-electron chi connectivity index (χ1n) is 7.39. The predicted molar refractivity (Wildman–Crippen MR) is 81.4 cm³/mol. The monoisotopic (exact) mass is 310 g/mol. The maximum atomic E-state index is 12.0. The molecule has 0 radical (unpaired) electrons. The first kappa shape index (κ1) is 15.9. The van der Waals surface area contributed by atoms with Crippen LogP contribution in [-0.4, -0.2) is 42.0 Å². The Morgan fingerprint density at radius 2 is 2.24 bits per heavy atom. The van der Waals surface area contributed by atoms with Gasteiger partial charge in [-0.15, -0.1) is 11.3 Å². The summed E-state index contributed by atoms with van der Waals surface area (Å²) in [5, 5.41) is 1.00. The van der Waals surface area contributed by atoms with Crippen LogP contribution in [0.1, 0.15) is 48.2 Å². The molecule has 0 aliphatic heterocycles. The van der Waals surface area contributed by atoms with Crippen molar-refractivity contribution in [2.24, 2.45) is 0 Å². The van der Waals surface area contributed by atoms with E-state index in [4.69, 9.17) is 4.74 Å². The van der Waals surface area contributed by atoms with Crippen molar-refractivity contribution in [3.8, 4) is 0 Å². The SMILES string of the molecule is CCOC(=O)C1CCCc2sc(CCN(C)C(C)=O)nc21. The molecule has 0 N–H and O–H groups in total. The summed E-state index contributed by atoms with van der Waals surface area (Å²) in [6.45, 7) is 4.45. The maximum absolute atomic E-state index is 12.0. The first-order chi connectivity index (χ1) is 10.0. The third-order valence-electron chi connectivity index (χ3n) is 3.77. The number of fused-ring (bicyclic) bond motifs is 1. The van der Waals surface area contributed by atoms with Crippen LogP contribution in [0.15, 0.2) is 0 Å². The summed E-state index contributed by atoms with van der Waals surface area (Å²) in [6, 6.07) is 0. The Balaban J connectivity index is 2.08. The van der Waals surface area contributed by atoms with E-state index in [1.54, 1.807) is 30.2 Å². The Morgan fingerprint density at radius 3 is 2.90 bits per heavy atom. The molecule has 21 heavy (non-hydrogen) atoms. The number of hydrogen-bond donors (Lipinski definition) is 0. The molecule has 1 amide bonds. The van der Waals surface area contributed by atoms with E-state index >= 15 is 0 Å². The minimum Gasteiger partial charge on any atom is -0.465 e. The molecule has 1 heterocycles. The Hall–Kier alpha value is -1.43. The highest BCUT2D eigenvalue weighted by Gasteiger charge is 2.31. The molecule has 5 nitrogen and oxygen atoms in total. The molecule has 1 aromatic rings. The molecular formula is C15H22N2O3S. The summed E-state index contributed by atoms with van der Waals surface area (Å²) in [5.41, 5.74) is 0.908. The molecule has 0 aromatic carbocycles. The van der Waals surface area contributed by atoms with Crippen molar-refractivity contribution in [3.63, 3.8) is 0 Å². The maximum Gasteiger partial charge on any atom is 0.315 e. The quantitative estimate of drug-likeness (QED) is 0.782. The van der Waals surface area contributed by atoms with Crippen LogP contribution in [0, 0.1) is 0 Å². The molecule has 0 bridgehead atoms. The van der Waals surface area contributed by atoms with Crippen LogP contribution in [0.3, 0.4) is 0 Å². The fourth-order valence-corrected chi connectivity index (χ4v) is 3.63. The summed E-state index contributed by atoms with van der Waals surface area (Å²) in [5.74, 6) is -0.305. The van der Waals surface area contributed by atoms with Gasteiger partial charge in [0.15, 0.2) is 0 Å². The van der Waals surface area contributed by atoms with Gasteiger partial charge in [-0.25, -0.2) is 4.98 Å². The zero-order valence-corrected chi connectivity index (χ0v) is 13.7. The fourth-order valence-electron chi connectivity index (χ4n) is 2.47. The Labute approximate surface area is 129 Å². The first-order valence-corrected chi connectivity index (χ1v) is 8.21. The van der Waals surface area contributed by atoms with Crippen molar-refractivity contribution in [2.75, 3.05) is 20.2 Å². The standard InChI is InChI=1S/C15H22N2O3S/c1-4-20-15(19)11-6-5-7-12-14(11)16-13(21-12)8-9-17(3)10(2)18/h11H,4-9H2,1-3H3. The largest absolute Gasteiger partial charge is 0.465 e. The van der Waals surface area contributed by atoms with Gasteiger partial charge < -0.3 is 9.64 Å². The van der Waals surface area contributed by atoms with Gasteiger partial charge in [-0.05, 0) is 26.2 Å². The van der Waals surface area contributed by atoms with Gasteiger partial charge in [0.2, 0.25) is 5.91 Å². The third kappa shape index (κ3) is 3.81. The predicted octanol–water partition coefficient (Wildman–Crippen LogP) is 2.15. The number of ether oxygens (including phenoxy) is 1. The number of rotatable bonds is 5. The van der Waals surface area contributed by atoms with E-state index < -0.39 is 0 Å². The lowest BCUT2D eigenvalue weighted by molar-refractivity contribution is -0.145. The van der Waals surface area contributed by atoms with Gasteiger partial charge in [-0.3, -0.25) is 9.59 Å². The molecule has 1 aliphatic rings. The zero-order valence-electron chi connectivity index (χ0n) is 12.8. The van der Waals surface area contributed by atoms with E-state index in [-0.39, 0.29) is 17.8 Å². The zero-order chi connectivity index (χ0) is 15.4. The van der Waals surface area contributed by atoms with E-state index in [0.29, 0.717) is 13.2 Å². The number of esters is 1. The van der Waals surface area contributed by atoms with E-state index in [0.717, 1.165) is 36.4 Å². The Kier molecular flexibility index (Phi) is 5.33. The van der Waals surface area contributed by atoms with Crippen LogP contribution in [0.25, 0.3) is 0 Å². The molecule has 6 heteroatoms. The van der Waals surface area contributed by atoms with E-state index in [1.807, 2.05) is 6.92 Å². The third-order valence-corrected chi connectivity index (χ3v) is 4.96. The molecule has 1 aromatic heterocycles. The van der Waals surface area contributed by atoms with E-state index in [9.17, 15) is 9.59 Å². The number of aromatic nitrogens is 1. The number of carbonyl (C=O) groups is 2. The number of carbonyl (C=O) groups excluding carboxylic acids is 2. The second-order valence-electron chi connectivity index (χ2n) is 5.30. The minimum atomic E-state index is -0.204. The normalized spacial score (nSPS) is 17.2. The Morgan fingerprint density at radius 1 is 1.48 bits per heavy atom. The van der Waals surface area contributed by atoms with E-state index in [1.165, 1.54) is 4.88 Å². The van der Waals surface area contributed by atoms with Crippen molar-refractivity contribution in [1.29, 1.82) is 0 Å². The molecule has 0 saturated heterocycles. The molecule has 0 saturated carbocycles. The van der Waals surface area contributed by atoms with Crippen LogP contribution in [-0.2, 0) is 27.2 Å². The van der Waals surface area contributed by atoms with Crippen molar-refractivity contribution < 1.29 is 14.3 Å². The molecule has 0 fully saturated rings. The molecule has 1 unspecified atom stereocenters. The highest BCUT2D eigenvalue weighted by atomic mass is 32.1. The average Bonchev–Trinajstić information content (AvgIpc) is 2.87. The number of hydrogen-bond acceptors (Lipinski definition) is 5. The molecule has 116 valence electrons. The molecule has 0 spiro atoms.